The molecule has 4 rings (SSSR count). The van der Waals surface area contributed by atoms with Gasteiger partial charge in [-0.3, -0.25) is 9.88 Å². The van der Waals surface area contributed by atoms with E-state index in [1.807, 2.05) is 18.2 Å². The zero-order valence-electron chi connectivity index (χ0n) is 14.5. The Morgan fingerprint density at radius 1 is 1.16 bits per heavy atom. The fraction of sp³-hybridized carbons (Fsp3) is 0.632. The van der Waals surface area contributed by atoms with Gasteiger partial charge in [0.2, 0.25) is 5.89 Å². The van der Waals surface area contributed by atoms with Crippen molar-refractivity contribution in [1.82, 2.24) is 20.0 Å². The average molecular weight is 342 g/mol. The van der Waals surface area contributed by atoms with Crippen LogP contribution in [-0.4, -0.2) is 38.2 Å². The van der Waals surface area contributed by atoms with Gasteiger partial charge in [0.1, 0.15) is 0 Å². The highest BCUT2D eigenvalue weighted by Gasteiger charge is 2.28. The first kappa shape index (κ1) is 16.7. The molecule has 0 bridgehead atoms. The van der Waals surface area contributed by atoms with E-state index in [9.17, 15) is 5.11 Å². The van der Waals surface area contributed by atoms with E-state index in [0.29, 0.717) is 5.92 Å². The second-order valence-electron chi connectivity index (χ2n) is 7.34. The lowest BCUT2D eigenvalue weighted by Crippen LogP contribution is -2.35. The predicted molar refractivity (Wildman–Crippen MR) is 92.7 cm³/mol. The Morgan fingerprint density at radius 3 is 2.68 bits per heavy atom. The number of nitrogens with zero attached hydrogens (tertiary/aromatic N) is 4. The number of aliphatic hydroxyl groups is 1. The minimum Gasteiger partial charge on any atom is -0.387 e. The Labute approximate surface area is 148 Å². The number of piperidine rings is 1. The molecular weight excluding hydrogens is 316 g/mol. The van der Waals surface area contributed by atoms with Crippen molar-refractivity contribution < 1.29 is 9.63 Å². The molecule has 0 aromatic carbocycles. The van der Waals surface area contributed by atoms with Crippen LogP contribution in [0.15, 0.2) is 28.9 Å². The number of likely N-dealkylation sites (tertiary alicyclic amines) is 1. The lowest BCUT2D eigenvalue weighted by Gasteiger charge is -2.33. The monoisotopic (exact) mass is 342 g/mol. The molecule has 0 unspecified atom stereocenters. The van der Waals surface area contributed by atoms with Crippen molar-refractivity contribution in [1.29, 1.82) is 0 Å². The summed E-state index contributed by atoms with van der Waals surface area (Å²) in [5, 5.41) is 14.7. The number of rotatable bonds is 5. The fourth-order valence-electron chi connectivity index (χ4n) is 4.09. The average Bonchev–Trinajstić information content (AvgIpc) is 3.34. The third kappa shape index (κ3) is 3.90. The molecule has 1 aliphatic heterocycles. The number of aliphatic hydroxyl groups excluding tert-OH is 1. The van der Waals surface area contributed by atoms with Gasteiger partial charge in [0.15, 0.2) is 5.82 Å². The minimum absolute atomic E-state index is 0.269. The summed E-state index contributed by atoms with van der Waals surface area (Å²) in [7, 11) is 0. The van der Waals surface area contributed by atoms with Crippen molar-refractivity contribution in [2.45, 2.75) is 57.1 Å². The number of hydrogen-bond donors (Lipinski definition) is 1. The third-order valence-electron chi connectivity index (χ3n) is 5.62. The smallest absolute Gasteiger partial charge is 0.229 e. The van der Waals surface area contributed by atoms with Crippen LogP contribution in [0.3, 0.4) is 0 Å². The van der Waals surface area contributed by atoms with Crippen LogP contribution >= 0.6 is 0 Å². The molecule has 6 heteroatoms. The first-order valence-electron chi connectivity index (χ1n) is 9.43. The van der Waals surface area contributed by atoms with E-state index in [2.05, 4.69) is 20.0 Å². The summed E-state index contributed by atoms with van der Waals surface area (Å²) in [6, 6.07) is 5.71. The third-order valence-corrected chi connectivity index (χ3v) is 5.62. The van der Waals surface area contributed by atoms with Crippen LogP contribution in [0.2, 0.25) is 0 Å². The van der Waals surface area contributed by atoms with Gasteiger partial charge in [-0.2, -0.15) is 4.98 Å². The molecule has 1 saturated heterocycles. The van der Waals surface area contributed by atoms with Crippen molar-refractivity contribution in [3.8, 4) is 0 Å². The summed E-state index contributed by atoms with van der Waals surface area (Å²) in [6.45, 7) is 2.63. The van der Waals surface area contributed by atoms with E-state index in [1.54, 1.807) is 6.20 Å². The Hall–Kier alpha value is -1.79. The summed E-state index contributed by atoms with van der Waals surface area (Å²) in [6.07, 6.45) is 8.10. The van der Waals surface area contributed by atoms with Gasteiger partial charge in [0.25, 0.3) is 0 Å². The van der Waals surface area contributed by atoms with Crippen LogP contribution < -0.4 is 0 Å². The van der Waals surface area contributed by atoms with E-state index in [0.717, 1.165) is 49.9 Å². The molecule has 6 nitrogen and oxygen atoms in total. The Bertz CT molecular complexity index is 661. The summed E-state index contributed by atoms with van der Waals surface area (Å²) < 4.78 is 5.47. The maximum atomic E-state index is 10.5. The summed E-state index contributed by atoms with van der Waals surface area (Å²) in [4.78, 5) is 11.2. The van der Waals surface area contributed by atoms with Crippen molar-refractivity contribution in [3.05, 3.63) is 41.8 Å². The van der Waals surface area contributed by atoms with Crippen LogP contribution in [0.1, 0.15) is 68.0 Å². The molecule has 0 amide bonds. The Morgan fingerprint density at radius 2 is 1.96 bits per heavy atom. The van der Waals surface area contributed by atoms with E-state index < -0.39 is 6.10 Å². The molecule has 134 valence electrons. The van der Waals surface area contributed by atoms with Gasteiger partial charge < -0.3 is 9.63 Å². The molecule has 1 atom stereocenters. The van der Waals surface area contributed by atoms with Crippen molar-refractivity contribution in [2.24, 2.45) is 5.92 Å². The molecule has 25 heavy (non-hydrogen) atoms. The Balaban J connectivity index is 1.29. The molecular formula is C19H26N4O2. The lowest BCUT2D eigenvalue weighted by atomic mass is 9.89. The molecule has 0 radical (unpaired) electrons. The first-order chi connectivity index (χ1) is 12.3. The van der Waals surface area contributed by atoms with Crippen LogP contribution in [-0.2, 0) is 6.54 Å². The Kier molecular flexibility index (Phi) is 5.08. The molecule has 0 spiro atoms. The molecule has 2 fully saturated rings. The normalized spacial score (nSPS) is 21.6. The quantitative estimate of drug-likeness (QED) is 0.900. The van der Waals surface area contributed by atoms with Gasteiger partial charge in [0.05, 0.1) is 18.3 Å². The molecule has 2 aliphatic rings. The van der Waals surface area contributed by atoms with E-state index >= 15 is 0 Å². The highest BCUT2D eigenvalue weighted by atomic mass is 16.5. The summed E-state index contributed by atoms with van der Waals surface area (Å²) >= 11 is 0. The van der Waals surface area contributed by atoms with Crippen molar-refractivity contribution in [2.75, 3.05) is 13.1 Å². The standard InChI is InChI=1S/C19H26N4O2/c24-18(16-7-3-4-10-20-16)14-8-11-23(12-9-14)13-17-21-19(25-22-17)15-5-1-2-6-15/h3-4,7,10,14-15,18,24H,1-2,5-6,8-9,11-13H2/t18-/m1/s1. The second kappa shape index (κ2) is 7.62. The second-order valence-corrected chi connectivity index (χ2v) is 7.34. The SMILES string of the molecule is O[C@@H](c1ccccn1)C1CCN(Cc2noc(C3CCCC3)n2)CC1. The number of hydrogen-bond acceptors (Lipinski definition) is 6. The van der Waals surface area contributed by atoms with Crippen LogP contribution in [0, 0.1) is 5.92 Å². The van der Waals surface area contributed by atoms with E-state index in [-0.39, 0.29) is 5.92 Å². The van der Waals surface area contributed by atoms with Crippen LogP contribution in [0.25, 0.3) is 0 Å². The van der Waals surface area contributed by atoms with Gasteiger partial charge in [-0.1, -0.05) is 24.1 Å². The number of aromatic nitrogens is 3. The molecule has 2 aromatic heterocycles. The zero-order chi connectivity index (χ0) is 17.1. The number of pyridine rings is 1. The predicted octanol–water partition coefficient (Wildman–Crippen LogP) is 3.07. The van der Waals surface area contributed by atoms with Gasteiger partial charge in [-0.05, 0) is 56.8 Å². The van der Waals surface area contributed by atoms with Crippen LogP contribution in [0.5, 0.6) is 0 Å². The van der Waals surface area contributed by atoms with E-state index in [1.165, 1.54) is 25.7 Å². The first-order valence-corrected chi connectivity index (χ1v) is 9.43. The topological polar surface area (TPSA) is 75.3 Å². The van der Waals surface area contributed by atoms with Crippen molar-refractivity contribution >= 4 is 0 Å². The zero-order valence-corrected chi connectivity index (χ0v) is 14.5. The minimum atomic E-state index is -0.470. The fourth-order valence-corrected chi connectivity index (χ4v) is 4.09. The van der Waals surface area contributed by atoms with Gasteiger partial charge in [0, 0.05) is 12.1 Å². The largest absolute Gasteiger partial charge is 0.387 e. The highest BCUT2D eigenvalue weighted by Crippen LogP contribution is 2.33. The molecule has 1 N–H and O–H groups in total. The van der Waals surface area contributed by atoms with Crippen LogP contribution in [0.4, 0.5) is 0 Å². The van der Waals surface area contributed by atoms with Gasteiger partial charge >= 0.3 is 0 Å². The molecule has 2 aromatic rings. The van der Waals surface area contributed by atoms with Gasteiger partial charge in [-0.15, -0.1) is 0 Å². The maximum Gasteiger partial charge on any atom is 0.229 e. The highest BCUT2D eigenvalue weighted by molar-refractivity contribution is 5.08. The summed E-state index contributed by atoms with van der Waals surface area (Å²) in [5.41, 5.74) is 0.778. The molecule has 3 heterocycles. The molecule has 1 saturated carbocycles. The van der Waals surface area contributed by atoms with Crippen molar-refractivity contribution in [3.63, 3.8) is 0 Å². The van der Waals surface area contributed by atoms with Gasteiger partial charge in [-0.25, -0.2) is 0 Å². The summed E-state index contributed by atoms with van der Waals surface area (Å²) in [5.74, 6) is 2.37. The van der Waals surface area contributed by atoms with E-state index in [4.69, 9.17) is 4.52 Å². The lowest BCUT2D eigenvalue weighted by molar-refractivity contribution is 0.0531. The molecule has 1 aliphatic carbocycles. The maximum absolute atomic E-state index is 10.5.